The van der Waals surface area contributed by atoms with Gasteiger partial charge in [0.25, 0.3) is 0 Å². The Labute approximate surface area is 55.2 Å². The predicted molar refractivity (Wildman–Crippen MR) is 35.0 cm³/mol. The van der Waals surface area contributed by atoms with E-state index >= 15 is 0 Å². The zero-order chi connectivity index (χ0) is 6.06. The van der Waals surface area contributed by atoms with E-state index in [0.717, 1.165) is 12.0 Å². The molecule has 0 aromatic carbocycles. The maximum atomic E-state index is 3.44. The molecule has 0 amide bonds. The zero-order valence-corrected chi connectivity index (χ0v) is 5.72. The van der Waals surface area contributed by atoms with Gasteiger partial charge in [-0.3, -0.25) is 4.90 Å². The Balaban J connectivity index is 1.99. The van der Waals surface area contributed by atoms with Crippen LogP contribution in [0, 0.1) is 5.92 Å². The highest BCUT2D eigenvalue weighted by atomic mass is 15.6. The summed E-state index contributed by atoms with van der Waals surface area (Å²) in [6.45, 7) is 1.38. The third-order valence-electron chi connectivity index (χ3n) is 3.52. The van der Waals surface area contributed by atoms with E-state index in [9.17, 15) is 0 Å². The molecule has 2 heteroatoms. The Morgan fingerprint density at radius 2 is 2.44 bits per heavy atom. The van der Waals surface area contributed by atoms with E-state index in [4.69, 9.17) is 0 Å². The van der Waals surface area contributed by atoms with Gasteiger partial charge in [0.05, 0.1) is 5.66 Å². The van der Waals surface area contributed by atoms with Crippen LogP contribution < -0.4 is 5.32 Å². The third kappa shape index (κ3) is 0.272. The summed E-state index contributed by atoms with van der Waals surface area (Å²) >= 11 is 0. The van der Waals surface area contributed by atoms with Crippen LogP contribution in [0.1, 0.15) is 12.8 Å². The molecule has 0 aromatic heterocycles. The van der Waals surface area contributed by atoms with E-state index in [1.54, 1.807) is 0 Å². The first-order chi connectivity index (χ1) is 4.39. The number of fused-ring (bicyclic) bond motifs is 1. The molecule has 1 N–H and O–H groups in total. The molecule has 9 heavy (non-hydrogen) atoms. The van der Waals surface area contributed by atoms with Crippen LogP contribution in [-0.2, 0) is 0 Å². The summed E-state index contributed by atoms with van der Waals surface area (Å²) < 4.78 is 0. The van der Waals surface area contributed by atoms with Gasteiger partial charge in [-0.2, -0.15) is 0 Å². The predicted octanol–water partition coefficient (Wildman–Crippen LogP) is 0.00990. The average Bonchev–Trinajstić information content (AvgIpc) is 2.24. The van der Waals surface area contributed by atoms with Crippen LogP contribution in [0.15, 0.2) is 0 Å². The minimum absolute atomic E-state index is 0.542. The van der Waals surface area contributed by atoms with Crippen molar-refractivity contribution in [3.63, 3.8) is 0 Å². The Kier molecular flexibility index (Phi) is 0.552. The van der Waals surface area contributed by atoms with Crippen LogP contribution in [-0.4, -0.2) is 30.2 Å². The fourth-order valence-electron chi connectivity index (χ4n) is 3.03. The summed E-state index contributed by atoms with van der Waals surface area (Å²) in [5, 5.41) is 3.44. The fraction of sp³-hybridized carbons (Fsp3) is 1.00. The molecule has 2 nitrogen and oxygen atoms in total. The van der Waals surface area contributed by atoms with E-state index in [2.05, 4.69) is 17.3 Å². The van der Waals surface area contributed by atoms with Gasteiger partial charge in [-0.25, -0.2) is 0 Å². The van der Waals surface area contributed by atoms with Gasteiger partial charge in [-0.05, 0) is 19.9 Å². The summed E-state index contributed by atoms with van der Waals surface area (Å²) in [4.78, 5) is 2.58. The van der Waals surface area contributed by atoms with Gasteiger partial charge >= 0.3 is 0 Å². The van der Waals surface area contributed by atoms with Gasteiger partial charge in [0.1, 0.15) is 0 Å². The van der Waals surface area contributed by atoms with Crippen molar-refractivity contribution in [2.45, 2.75) is 24.5 Å². The lowest BCUT2D eigenvalue weighted by Crippen LogP contribution is -2.51. The Morgan fingerprint density at radius 1 is 1.56 bits per heavy atom. The smallest absolute Gasteiger partial charge is 0.0915 e. The molecule has 3 aliphatic rings. The molecular formula is C7H12N2. The Bertz CT molecular complexity index is 158. The zero-order valence-electron chi connectivity index (χ0n) is 5.72. The molecule has 2 aliphatic heterocycles. The van der Waals surface area contributed by atoms with Crippen molar-refractivity contribution >= 4 is 0 Å². The third-order valence-corrected chi connectivity index (χ3v) is 3.52. The fourth-order valence-corrected chi connectivity index (χ4v) is 3.03. The Morgan fingerprint density at radius 3 is 2.67 bits per heavy atom. The minimum atomic E-state index is 0.542. The summed E-state index contributed by atoms with van der Waals surface area (Å²) in [6, 6.07) is 0.937. The summed E-state index contributed by atoms with van der Waals surface area (Å²) in [7, 11) is 2.10. The highest BCUT2D eigenvalue weighted by Gasteiger charge is 2.76. The molecule has 2 heterocycles. The molecule has 0 aromatic rings. The number of nitrogens with zero attached hydrogens (tertiary/aromatic N) is 1. The number of hydrogen-bond acceptors (Lipinski definition) is 2. The number of nitrogens with one attached hydrogen (secondary N) is 1. The SMILES string of the molecule is CNC12C3CCC1N2C3. The summed E-state index contributed by atoms with van der Waals surface area (Å²) in [5.74, 6) is 1.01. The second kappa shape index (κ2) is 1.06. The molecule has 3 fully saturated rings. The monoisotopic (exact) mass is 124 g/mol. The molecule has 4 unspecified atom stereocenters. The lowest BCUT2D eigenvalue weighted by atomic mass is 9.95. The van der Waals surface area contributed by atoms with Gasteiger partial charge in [-0.15, -0.1) is 0 Å². The molecule has 3 rings (SSSR count). The second-order valence-electron chi connectivity index (χ2n) is 3.52. The van der Waals surface area contributed by atoms with Gasteiger partial charge in [-0.1, -0.05) is 0 Å². The van der Waals surface area contributed by atoms with Gasteiger partial charge in [0.2, 0.25) is 0 Å². The van der Waals surface area contributed by atoms with Crippen LogP contribution in [0.5, 0.6) is 0 Å². The van der Waals surface area contributed by atoms with E-state index < -0.39 is 0 Å². The molecule has 0 spiro atoms. The first kappa shape index (κ1) is 4.69. The lowest BCUT2D eigenvalue weighted by Gasteiger charge is -2.35. The molecule has 0 radical (unpaired) electrons. The maximum Gasteiger partial charge on any atom is 0.0915 e. The molecule has 0 bridgehead atoms. The maximum absolute atomic E-state index is 3.44. The second-order valence-corrected chi connectivity index (χ2v) is 3.52. The van der Waals surface area contributed by atoms with Crippen LogP contribution >= 0.6 is 0 Å². The minimum Gasteiger partial charge on any atom is -0.301 e. The number of likely N-dealkylation sites (N-methyl/N-ethyl adjacent to an activating group) is 1. The van der Waals surface area contributed by atoms with E-state index in [0.29, 0.717) is 5.66 Å². The van der Waals surface area contributed by atoms with E-state index in [-0.39, 0.29) is 0 Å². The number of piperidine rings is 2. The van der Waals surface area contributed by atoms with Crippen LogP contribution in [0.25, 0.3) is 0 Å². The van der Waals surface area contributed by atoms with E-state index in [1.165, 1.54) is 19.4 Å². The highest BCUT2D eigenvalue weighted by Crippen LogP contribution is 2.62. The highest BCUT2D eigenvalue weighted by molar-refractivity contribution is 5.30. The number of rotatable bonds is 1. The van der Waals surface area contributed by atoms with Crippen LogP contribution in [0.3, 0.4) is 0 Å². The van der Waals surface area contributed by atoms with Crippen molar-refractivity contribution in [3.05, 3.63) is 0 Å². The van der Waals surface area contributed by atoms with Crippen molar-refractivity contribution in [2.24, 2.45) is 5.92 Å². The van der Waals surface area contributed by atoms with Gasteiger partial charge in [0, 0.05) is 18.5 Å². The molecule has 4 atom stereocenters. The largest absolute Gasteiger partial charge is 0.301 e. The van der Waals surface area contributed by atoms with Crippen molar-refractivity contribution < 1.29 is 0 Å². The van der Waals surface area contributed by atoms with Crippen LogP contribution in [0.4, 0.5) is 0 Å². The first-order valence-corrected chi connectivity index (χ1v) is 3.85. The van der Waals surface area contributed by atoms with Gasteiger partial charge in [0.15, 0.2) is 0 Å². The molecule has 50 valence electrons. The van der Waals surface area contributed by atoms with Crippen molar-refractivity contribution in [1.82, 2.24) is 10.2 Å². The van der Waals surface area contributed by atoms with E-state index in [1.807, 2.05) is 0 Å². The quantitative estimate of drug-likeness (QED) is 0.495. The average molecular weight is 124 g/mol. The van der Waals surface area contributed by atoms with Gasteiger partial charge < -0.3 is 5.32 Å². The summed E-state index contributed by atoms with van der Waals surface area (Å²) in [6.07, 6.45) is 2.92. The van der Waals surface area contributed by atoms with Crippen molar-refractivity contribution in [1.29, 1.82) is 0 Å². The number of hydrogen-bond donors (Lipinski definition) is 1. The first-order valence-electron chi connectivity index (χ1n) is 3.85. The molecular weight excluding hydrogens is 112 g/mol. The molecule has 2 saturated heterocycles. The Hall–Kier alpha value is -0.0800. The molecule has 1 saturated carbocycles. The standard InChI is InChI=1S/C7H12N2/c1-8-7-5-2-3-6(7)9(7)4-5/h5-6,8H,2-4H2,1H3. The van der Waals surface area contributed by atoms with Crippen molar-refractivity contribution in [3.8, 4) is 0 Å². The normalized spacial score (nSPS) is 67.0. The lowest BCUT2D eigenvalue weighted by molar-refractivity contribution is 0.115. The van der Waals surface area contributed by atoms with Crippen molar-refractivity contribution in [2.75, 3.05) is 13.6 Å². The molecule has 1 aliphatic carbocycles. The topological polar surface area (TPSA) is 15.0 Å². The summed E-state index contributed by atoms with van der Waals surface area (Å²) in [5.41, 5.74) is 0.542. The van der Waals surface area contributed by atoms with Crippen LogP contribution in [0.2, 0.25) is 0 Å².